The molecule has 0 fully saturated rings. The molecule has 2 aromatic heterocycles. The number of anilines is 5. The van der Waals surface area contributed by atoms with E-state index in [1.807, 2.05) is 31.2 Å². The first-order chi connectivity index (χ1) is 14.2. The normalized spacial score (nSPS) is 13.3. The monoisotopic (exact) mass is 382 g/mol. The minimum Gasteiger partial charge on any atom is -0.393 e. The summed E-state index contributed by atoms with van der Waals surface area (Å²) >= 11 is 0. The Labute approximate surface area is 169 Å². The largest absolute Gasteiger partial charge is 0.393 e. The molecule has 0 amide bonds. The summed E-state index contributed by atoms with van der Waals surface area (Å²) in [5, 5.41) is 4.45. The van der Waals surface area contributed by atoms with Gasteiger partial charge in [-0.15, -0.1) is 0 Å². The van der Waals surface area contributed by atoms with E-state index in [0.29, 0.717) is 11.5 Å². The average molecular weight is 382 g/mol. The Balaban J connectivity index is 1.56. The first kappa shape index (κ1) is 17.4. The standard InChI is InChI=1S/C23H22N6/c1-15-11-12-17-7-4-9-18(21(17)27-15)28-22-20(24)23(26-14-25-22)29-13-5-8-16-6-2-3-10-19(16)29/h2-4,6-7,9-12,14H,5,8,13,24H2,1H3,(H,25,26,28). The highest BCUT2D eigenvalue weighted by molar-refractivity contribution is 5.94. The third-order valence-electron chi connectivity index (χ3n) is 5.34. The van der Waals surface area contributed by atoms with Gasteiger partial charge in [-0.05, 0) is 43.5 Å². The molecule has 6 nitrogen and oxygen atoms in total. The Morgan fingerprint density at radius 1 is 1.00 bits per heavy atom. The lowest BCUT2D eigenvalue weighted by Gasteiger charge is -2.31. The van der Waals surface area contributed by atoms with Gasteiger partial charge < -0.3 is 16.0 Å². The zero-order valence-electron chi connectivity index (χ0n) is 16.3. The second-order valence-electron chi connectivity index (χ2n) is 7.30. The molecule has 2 aromatic carbocycles. The van der Waals surface area contributed by atoms with Crippen molar-refractivity contribution in [2.24, 2.45) is 0 Å². The van der Waals surface area contributed by atoms with Crippen LogP contribution in [0.3, 0.4) is 0 Å². The first-order valence-corrected chi connectivity index (χ1v) is 9.80. The number of aromatic nitrogens is 3. The summed E-state index contributed by atoms with van der Waals surface area (Å²) in [5.74, 6) is 1.33. The van der Waals surface area contributed by atoms with Crippen LogP contribution in [0.25, 0.3) is 10.9 Å². The van der Waals surface area contributed by atoms with Crippen molar-refractivity contribution in [2.45, 2.75) is 19.8 Å². The Morgan fingerprint density at radius 3 is 2.83 bits per heavy atom. The second-order valence-corrected chi connectivity index (χ2v) is 7.30. The molecule has 0 bridgehead atoms. The maximum atomic E-state index is 6.54. The molecule has 3 heterocycles. The summed E-state index contributed by atoms with van der Waals surface area (Å²) in [6, 6.07) is 18.5. The van der Waals surface area contributed by atoms with Crippen molar-refractivity contribution in [1.29, 1.82) is 0 Å². The molecule has 0 saturated carbocycles. The number of aryl methyl sites for hydroxylation is 2. The van der Waals surface area contributed by atoms with Gasteiger partial charge in [0.25, 0.3) is 0 Å². The fraction of sp³-hybridized carbons (Fsp3) is 0.174. The summed E-state index contributed by atoms with van der Waals surface area (Å²) in [7, 11) is 0. The molecule has 0 aliphatic carbocycles. The van der Waals surface area contributed by atoms with Gasteiger partial charge in [0.1, 0.15) is 12.0 Å². The molecule has 0 atom stereocenters. The molecule has 144 valence electrons. The van der Waals surface area contributed by atoms with Crippen LogP contribution in [0.1, 0.15) is 17.7 Å². The maximum Gasteiger partial charge on any atom is 0.161 e. The van der Waals surface area contributed by atoms with E-state index in [4.69, 9.17) is 5.73 Å². The zero-order valence-corrected chi connectivity index (χ0v) is 16.3. The Morgan fingerprint density at radius 2 is 1.90 bits per heavy atom. The van der Waals surface area contributed by atoms with E-state index in [0.717, 1.165) is 53.2 Å². The molecule has 1 aliphatic heterocycles. The fourth-order valence-corrected chi connectivity index (χ4v) is 3.93. The molecule has 5 rings (SSSR count). The molecule has 6 heteroatoms. The van der Waals surface area contributed by atoms with Gasteiger partial charge in [-0.2, -0.15) is 0 Å². The van der Waals surface area contributed by atoms with Gasteiger partial charge in [-0.3, -0.25) is 4.98 Å². The molecule has 4 aromatic rings. The number of para-hydroxylation sites is 2. The van der Waals surface area contributed by atoms with E-state index < -0.39 is 0 Å². The lowest BCUT2D eigenvalue weighted by atomic mass is 10.0. The number of rotatable bonds is 3. The van der Waals surface area contributed by atoms with Crippen LogP contribution >= 0.6 is 0 Å². The number of fused-ring (bicyclic) bond motifs is 2. The topological polar surface area (TPSA) is 80.0 Å². The van der Waals surface area contributed by atoms with Crippen molar-refractivity contribution in [3.8, 4) is 0 Å². The van der Waals surface area contributed by atoms with Crippen LogP contribution in [0.2, 0.25) is 0 Å². The zero-order chi connectivity index (χ0) is 19.8. The Hall–Kier alpha value is -3.67. The molecular formula is C23H22N6. The SMILES string of the molecule is Cc1ccc2cccc(Nc3ncnc(N4CCCc5ccccc54)c3N)c2n1. The van der Waals surface area contributed by atoms with Crippen LogP contribution in [0.15, 0.2) is 60.9 Å². The van der Waals surface area contributed by atoms with Gasteiger partial charge in [0.2, 0.25) is 0 Å². The van der Waals surface area contributed by atoms with Crippen molar-refractivity contribution in [2.75, 3.05) is 22.5 Å². The lowest BCUT2D eigenvalue weighted by molar-refractivity contribution is 0.759. The molecule has 0 saturated heterocycles. The number of nitrogen functional groups attached to an aromatic ring is 1. The minimum atomic E-state index is 0.536. The molecular weight excluding hydrogens is 360 g/mol. The fourth-order valence-electron chi connectivity index (χ4n) is 3.93. The van der Waals surface area contributed by atoms with E-state index in [1.165, 1.54) is 5.56 Å². The van der Waals surface area contributed by atoms with Gasteiger partial charge in [0, 0.05) is 23.3 Å². The first-order valence-electron chi connectivity index (χ1n) is 9.80. The lowest BCUT2D eigenvalue weighted by Crippen LogP contribution is -2.26. The van der Waals surface area contributed by atoms with Crippen molar-refractivity contribution in [3.05, 3.63) is 72.2 Å². The maximum absolute atomic E-state index is 6.54. The van der Waals surface area contributed by atoms with Gasteiger partial charge in [-0.1, -0.05) is 36.4 Å². The summed E-state index contributed by atoms with van der Waals surface area (Å²) in [6.45, 7) is 2.87. The second kappa shape index (κ2) is 7.05. The quantitative estimate of drug-likeness (QED) is 0.533. The predicted molar refractivity (Wildman–Crippen MR) is 118 cm³/mol. The smallest absolute Gasteiger partial charge is 0.161 e. The average Bonchev–Trinajstić information content (AvgIpc) is 2.75. The van der Waals surface area contributed by atoms with E-state index in [2.05, 4.69) is 55.5 Å². The van der Waals surface area contributed by atoms with Crippen molar-refractivity contribution in [3.63, 3.8) is 0 Å². The van der Waals surface area contributed by atoms with Crippen LogP contribution in [-0.2, 0) is 6.42 Å². The van der Waals surface area contributed by atoms with Crippen molar-refractivity contribution in [1.82, 2.24) is 15.0 Å². The molecule has 3 N–H and O–H groups in total. The highest BCUT2D eigenvalue weighted by atomic mass is 15.2. The highest BCUT2D eigenvalue weighted by Crippen LogP contribution is 2.37. The molecule has 0 radical (unpaired) electrons. The van der Waals surface area contributed by atoms with Crippen LogP contribution in [0.5, 0.6) is 0 Å². The predicted octanol–water partition coefficient (Wildman–Crippen LogP) is 4.74. The summed E-state index contributed by atoms with van der Waals surface area (Å²) < 4.78 is 0. The number of benzene rings is 2. The van der Waals surface area contributed by atoms with Gasteiger partial charge >= 0.3 is 0 Å². The minimum absolute atomic E-state index is 0.536. The van der Waals surface area contributed by atoms with Crippen molar-refractivity contribution < 1.29 is 0 Å². The Kier molecular flexibility index (Phi) is 4.24. The molecule has 0 unspecified atom stereocenters. The van der Waals surface area contributed by atoms with Crippen LogP contribution in [-0.4, -0.2) is 21.5 Å². The summed E-state index contributed by atoms with van der Waals surface area (Å²) in [5.41, 5.74) is 12.3. The van der Waals surface area contributed by atoms with Crippen LogP contribution in [0.4, 0.5) is 28.7 Å². The number of nitrogens with one attached hydrogen (secondary N) is 1. The van der Waals surface area contributed by atoms with E-state index in [9.17, 15) is 0 Å². The highest BCUT2D eigenvalue weighted by Gasteiger charge is 2.22. The number of nitrogens with zero attached hydrogens (tertiary/aromatic N) is 4. The number of hydrogen-bond donors (Lipinski definition) is 2. The van der Waals surface area contributed by atoms with Gasteiger partial charge in [0.15, 0.2) is 11.6 Å². The molecule has 0 spiro atoms. The Bertz CT molecular complexity index is 1200. The summed E-state index contributed by atoms with van der Waals surface area (Å²) in [4.78, 5) is 15.8. The van der Waals surface area contributed by atoms with E-state index in [1.54, 1.807) is 6.33 Å². The van der Waals surface area contributed by atoms with Crippen LogP contribution in [0, 0.1) is 6.92 Å². The third-order valence-corrected chi connectivity index (χ3v) is 5.34. The van der Waals surface area contributed by atoms with Crippen LogP contribution < -0.4 is 16.0 Å². The van der Waals surface area contributed by atoms with E-state index >= 15 is 0 Å². The molecule has 29 heavy (non-hydrogen) atoms. The number of pyridine rings is 1. The summed E-state index contributed by atoms with van der Waals surface area (Å²) in [6.07, 6.45) is 3.70. The van der Waals surface area contributed by atoms with E-state index in [-0.39, 0.29) is 0 Å². The van der Waals surface area contributed by atoms with Gasteiger partial charge in [-0.25, -0.2) is 9.97 Å². The van der Waals surface area contributed by atoms with Gasteiger partial charge in [0.05, 0.1) is 11.2 Å². The third kappa shape index (κ3) is 3.12. The molecule has 1 aliphatic rings. The number of nitrogens with two attached hydrogens (primary N) is 1. The van der Waals surface area contributed by atoms with Crippen molar-refractivity contribution >= 4 is 39.6 Å². The number of hydrogen-bond acceptors (Lipinski definition) is 6.